The van der Waals surface area contributed by atoms with Crippen molar-refractivity contribution in [2.45, 2.75) is 50.7 Å². The first-order valence-corrected chi connectivity index (χ1v) is 10.4. The van der Waals surface area contributed by atoms with Crippen LogP contribution in [0.5, 0.6) is 0 Å². The molecular formula is C21H24ClN3O. The number of nitrogens with zero attached hydrogens (tertiary/aromatic N) is 3. The molecule has 1 saturated heterocycles. The van der Waals surface area contributed by atoms with Crippen LogP contribution in [0.1, 0.15) is 49.5 Å². The topological polar surface area (TPSA) is 28.5 Å². The second kappa shape index (κ2) is 5.26. The Kier molecular flexibility index (Phi) is 3.14. The number of hydrogen-bond donors (Lipinski definition) is 0. The predicted octanol–water partition coefficient (Wildman–Crippen LogP) is 3.78. The Morgan fingerprint density at radius 3 is 2.81 bits per heavy atom. The maximum absolute atomic E-state index is 13.2. The number of aromatic nitrogens is 1. The summed E-state index contributed by atoms with van der Waals surface area (Å²) in [6.45, 7) is 5.10. The zero-order valence-corrected chi connectivity index (χ0v) is 15.9. The number of carbonyl (C=O) groups is 1. The minimum atomic E-state index is 0.223. The zero-order chi connectivity index (χ0) is 17.6. The largest absolute Gasteiger partial charge is 0.339 e. The van der Waals surface area contributed by atoms with Gasteiger partial charge < -0.3 is 9.47 Å². The molecule has 136 valence electrons. The highest BCUT2D eigenvalue weighted by Crippen LogP contribution is 2.49. The Morgan fingerprint density at radius 1 is 1.23 bits per heavy atom. The van der Waals surface area contributed by atoms with Gasteiger partial charge in [-0.2, -0.15) is 0 Å². The Hall–Kier alpha value is -1.52. The minimum Gasteiger partial charge on any atom is -0.339 e. The Labute approximate surface area is 158 Å². The summed E-state index contributed by atoms with van der Waals surface area (Å²) in [5.41, 5.74) is 4.09. The van der Waals surface area contributed by atoms with Crippen LogP contribution in [0.3, 0.4) is 0 Å². The third-order valence-electron chi connectivity index (χ3n) is 7.02. The summed E-state index contributed by atoms with van der Waals surface area (Å²) < 4.78 is 2.47. The highest BCUT2D eigenvalue weighted by atomic mass is 35.5. The molecule has 0 radical (unpaired) electrons. The Bertz CT molecular complexity index is 925. The van der Waals surface area contributed by atoms with Crippen LogP contribution in [0, 0.1) is 5.92 Å². The highest BCUT2D eigenvalue weighted by molar-refractivity contribution is 6.31. The molecule has 0 N–H and O–H groups in total. The van der Waals surface area contributed by atoms with E-state index < -0.39 is 0 Å². The van der Waals surface area contributed by atoms with Gasteiger partial charge in [-0.1, -0.05) is 11.6 Å². The standard InChI is InChI=1S/C21H24ClN3O/c1-12-8-19-20-16(17-9-14(22)2-5-18(17)25(12)20)6-7-24(19)21(26)13-10-23(11-13)15-3-4-15/h2,5,9,12-13,15,19H,3-4,6-8,10-11H2,1H3/t12?,19-/m0/s1. The molecule has 1 unspecified atom stereocenters. The lowest BCUT2D eigenvalue weighted by atomic mass is 9.91. The lowest BCUT2D eigenvalue weighted by molar-refractivity contribution is -0.144. The van der Waals surface area contributed by atoms with Crippen LogP contribution in [0.4, 0.5) is 0 Å². The summed E-state index contributed by atoms with van der Waals surface area (Å²) in [6.07, 6.45) is 4.66. The first-order chi connectivity index (χ1) is 12.6. The van der Waals surface area contributed by atoms with Gasteiger partial charge in [-0.05, 0) is 56.4 Å². The third-order valence-corrected chi connectivity index (χ3v) is 7.25. The molecule has 26 heavy (non-hydrogen) atoms. The molecule has 0 spiro atoms. The number of hydrogen-bond acceptors (Lipinski definition) is 2. The third kappa shape index (κ3) is 2.03. The minimum absolute atomic E-state index is 0.223. The number of carbonyl (C=O) groups excluding carboxylic acids is 1. The number of likely N-dealkylation sites (tertiary alicyclic amines) is 1. The van der Waals surface area contributed by atoms with Crippen LogP contribution in [0.25, 0.3) is 10.9 Å². The normalized spacial score (nSPS) is 28.5. The molecule has 2 aromatic rings. The van der Waals surface area contributed by atoms with Gasteiger partial charge in [0.1, 0.15) is 0 Å². The molecular weight excluding hydrogens is 346 g/mol. The summed E-state index contributed by atoms with van der Waals surface area (Å²) in [5.74, 6) is 0.613. The van der Waals surface area contributed by atoms with Crippen LogP contribution >= 0.6 is 11.6 Å². The van der Waals surface area contributed by atoms with E-state index >= 15 is 0 Å². The fourth-order valence-corrected chi connectivity index (χ4v) is 5.75. The van der Waals surface area contributed by atoms with Crippen LogP contribution in [-0.4, -0.2) is 46.0 Å². The van der Waals surface area contributed by atoms with Crippen LogP contribution in [0.2, 0.25) is 5.02 Å². The molecule has 4 nitrogen and oxygen atoms in total. The van der Waals surface area contributed by atoms with Crippen molar-refractivity contribution in [1.82, 2.24) is 14.4 Å². The molecule has 0 bridgehead atoms. The van der Waals surface area contributed by atoms with E-state index in [0.717, 1.165) is 43.5 Å². The van der Waals surface area contributed by atoms with Gasteiger partial charge in [0.2, 0.25) is 5.91 Å². The van der Waals surface area contributed by atoms with Crippen molar-refractivity contribution in [3.05, 3.63) is 34.5 Å². The number of fused-ring (bicyclic) bond motifs is 3. The van der Waals surface area contributed by atoms with E-state index in [9.17, 15) is 4.79 Å². The van der Waals surface area contributed by atoms with Gasteiger partial charge in [0.15, 0.2) is 0 Å². The average molecular weight is 370 g/mol. The number of rotatable bonds is 2. The van der Waals surface area contributed by atoms with Gasteiger partial charge >= 0.3 is 0 Å². The lowest BCUT2D eigenvalue weighted by Crippen LogP contribution is -2.56. The molecule has 6 rings (SSSR count). The van der Waals surface area contributed by atoms with Crippen molar-refractivity contribution in [2.75, 3.05) is 19.6 Å². The van der Waals surface area contributed by atoms with E-state index in [4.69, 9.17) is 11.6 Å². The molecule has 3 aliphatic heterocycles. The Balaban J connectivity index is 1.35. The van der Waals surface area contributed by atoms with E-state index in [1.807, 2.05) is 6.07 Å². The van der Waals surface area contributed by atoms with Crippen molar-refractivity contribution in [3.8, 4) is 0 Å². The molecule has 2 atom stereocenters. The molecule has 1 saturated carbocycles. The van der Waals surface area contributed by atoms with Gasteiger partial charge in [-0.15, -0.1) is 0 Å². The monoisotopic (exact) mass is 369 g/mol. The predicted molar refractivity (Wildman–Crippen MR) is 103 cm³/mol. The Morgan fingerprint density at radius 2 is 2.04 bits per heavy atom. The fraction of sp³-hybridized carbons (Fsp3) is 0.571. The van der Waals surface area contributed by atoms with Crippen LogP contribution < -0.4 is 0 Å². The van der Waals surface area contributed by atoms with Gasteiger partial charge in [-0.3, -0.25) is 9.69 Å². The van der Waals surface area contributed by atoms with Gasteiger partial charge in [-0.25, -0.2) is 0 Å². The molecule has 1 aromatic heterocycles. The van der Waals surface area contributed by atoms with Crippen LogP contribution in [-0.2, 0) is 11.2 Å². The van der Waals surface area contributed by atoms with Crippen LogP contribution in [0.15, 0.2) is 18.2 Å². The average Bonchev–Trinajstić information content (AvgIpc) is 3.27. The fourth-order valence-electron chi connectivity index (χ4n) is 5.58. The number of amides is 1. The van der Waals surface area contributed by atoms with Gasteiger partial charge in [0, 0.05) is 53.3 Å². The van der Waals surface area contributed by atoms with E-state index in [1.165, 1.54) is 35.0 Å². The van der Waals surface area contributed by atoms with E-state index in [-0.39, 0.29) is 12.0 Å². The lowest BCUT2D eigenvalue weighted by Gasteiger charge is -2.43. The second-order valence-electron chi connectivity index (χ2n) is 8.66. The number of halogens is 1. The summed E-state index contributed by atoms with van der Waals surface area (Å²) in [7, 11) is 0. The number of benzene rings is 1. The summed E-state index contributed by atoms with van der Waals surface area (Å²) in [6, 6.07) is 7.72. The summed E-state index contributed by atoms with van der Waals surface area (Å²) in [5, 5.41) is 2.09. The van der Waals surface area contributed by atoms with Gasteiger partial charge in [0.05, 0.1) is 12.0 Å². The molecule has 1 aliphatic carbocycles. The first kappa shape index (κ1) is 15.5. The van der Waals surface area contributed by atoms with Crippen molar-refractivity contribution >= 4 is 28.4 Å². The van der Waals surface area contributed by atoms with E-state index in [2.05, 4.69) is 33.4 Å². The smallest absolute Gasteiger partial charge is 0.228 e. The maximum atomic E-state index is 13.2. The molecule has 2 fully saturated rings. The van der Waals surface area contributed by atoms with Crippen molar-refractivity contribution in [3.63, 3.8) is 0 Å². The molecule has 4 heterocycles. The maximum Gasteiger partial charge on any atom is 0.228 e. The molecule has 1 amide bonds. The quantitative estimate of drug-likeness (QED) is 0.806. The highest BCUT2D eigenvalue weighted by Gasteiger charge is 2.47. The summed E-state index contributed by atoms with van der Waals surface area (Å²) in [4.78, 5) is 17.9. The van der Waals surface area contributed by atoms with E-state index in [0.29, 0.717) is 11.9 Å². The molecule has 5 heteroatoms. The zero-order valence-electron chi connectivity index (χ0n) is 15.1. The van der Waals surface area contributed by atoms with Crippen molar-refractivity contribution < 1.29 is 4.79 Å². The van der Waals surface area contributed by atoms with Crippen molar-refractivity contribution in [2.24, 2.45) is 5.92 Å². The molecule has 4 aliphatic rings. The van der Waals surface area contributed by atoms with Gasteiger partial charge in [0.25, 0.3) is 0 Å². The van der Waals surface area contributed by atoms with Crippen molar-refractivity contribution in [1.29, 1.82) is 0 Å². The first-order valence-electron chi connectivity index (χ1n) is 9.98. The summed E-state index contributed by atoms with van der Waals surface area (Å²) >= 11 is 6.27. The second-order valence-corrected chi connectivity index (χ2v) is 9.10. The SMILES string of the molecule is CC1C[C@H]2c3c(c4cc(Cl)ccc4n31)CCN2C(=O)C1CN(C2CC2)C1. The van der Waals surface area contributed by atoms with E-state index in [1.54, 1.807) is 0 Å². The molecule has 1 aromatic carbocycles.